The van der Waals surface area contributed by atoms with Gasteiger partial charge < -0.3 is 9.69 Å². The number of carbonyl (C=O) groups excluding carboxylic acids is 1. The molecule has 0 amide bonds. The lowest BCUT2D eigenvalue weighted by molar-refractivity contribution is -0.107. The van der Waals surface area contributed by atoms with Crippen LogP contribution in [0.3, 0.4) is 0 Å². The summed E-state index contributed by atoms with van der Waals surface area (Å²) in [7, 11) is 3.72. The molecule has 0 aliphatic heterocycles. The maximum atomic E-state index is 12.9. The molecule has 0 spiro atoms. The van der Waals surface area contributed by atoms with E-state index >= 15 is 0 Å². The molecule has 0 unspecified atom stereocenters. The first-order valence-electron chi connectivity index (χ1n) is 4.54. The van der Waals surface area contributed by atoms with Crippen molar-refractivity contribution in [2.75, 3.05) is 19.0 Å². The Labute approximate surface area is 83.3 Å². The molecule has 0 aliphatic carbocycles. The summed E-state index contributed by atoms with van der Waals surface area (Å²) in [5.41, 5.74) is 1.84. The second kappa shape index (κ2) is 4.74. The maximum Gasteiger partial charge on any atom is 0.125 e. The van der Waals surface area contributed by atoms with Gasteiger partial charge in [-0.05, 0) is 24.1 Å². The lowest BCUT2D eigenvalue weighted by atomic mass is 10.1. The Hall–Kier alpha value is -1.38. The van der Waals surface area contributed by atoms with E-state index in [1.54, 1.807) is 6.07 Å². The highest BCUT2D eigenvalue weighted by atomic mass is 19.1. The van der Waals surface area contributed by atoms with Crippen LogP contribution in [-0.4, -0.2) is 20.4 Å². The van der Waals surface area contributed by atoms with Crippen LogP contribution >= 0.6 is 0 Å². The number of nitrogens with zero attached hydrogens (tertiary/aromatic N) is 1. The van der Waals surface area contributed by atoms with Crippen LogP contribution in [0.15, 0.2) is 18.2 Å². The van der Waals surface area contributed by atoms with Gasteiger partial charge in [-0.15, -0.1) is 0 Å². The molecular weight excluding hydrogens is 181 g/mol. The Bertz CT molecular complexity index is 323. The third kappa shape index (κ3) is 2.55. The van der Waals surface area contributed by atoms with Crippen molar-refractivity contribution in [3.63, 3.8) is 0 Å². The Morgan fingerprint density at radius 2 is 2.14 bits per heavy atom. The van der Waals surface area contributed by atoms with Crippen LogP contribution in [0.4, 0.5) is 10.1 Å². The zero-order valence-electron chi connectivity index (χ0n) is 8.46. The average molecular weight is 195 g/mol. The van der Waals surface area contributed by atoms with E-state index < -0.39 is 0 Å². The molecule has 3 heteroatoms. The molecule has 1 aromatic rings. The standard InChI is InChI=1S/C11H14FNO/c1-13(2)11-8-10(12)6-5-9(11)4-3-7-14/h5-8H,3-4H2,1-2H3. The van der Waals surface area contributed by atoms with E-state index in [0.717, 1.165) is 17.5 Å². The molecule has 1 rings (SSSR count). The van der Waals surface area contributed by atoms with Crippen molar-refractivity contribution < 1.29 is 9.18 Å². The van der Waals surface area contributed by atoms with Crippen molar-refractivity contribution in [1.29, 1.82) is 0 Å². The third-order valence-corrected chi connectivity index (χ3v) is 2.06. The average Bonchev–Trinajstić information content (AvgIpc) is 2.15. The van der Waals surface area contributed by atoms with E-state index in [2.05, 4.69) is 0 Å². The number of hydrogen-bond acceptors (Lipinski definition) is 2. The first-order valence-corrected chi connectivity index (χ1v) is 4.54. The first-order chi connectivity index (χ1) is 6.65. The SMILES string of the molecule is CN(C)c1cc(F)ccc1CCC=O. The zero-order chi connectivity index (χ0) is 10.6. The minimum absolute atomic E-state index is 0.247. The van der Waals surface area contributed by atoms with Gasteiger partial charge in [0.25, 0.3) is 0 Å². The highest BCUT2D eigenvalue weighted by molar-refractivity contribution is 5.56. The van der Waals surface area contributed by atoms with Gasteiger partial charge >= 0.3 is 0 Å². The molecule has 0 radical (unpaired) electrons. The quantitative estimate of drug-likeness (QED) is 0.685. The van der Waals surface area contributed by atoms with Gasteiger partial charge in [0.15, 0.2) is 0 Å². The number of carbonyl (C=O) groups is 1. The van der Waals surface area contributed by atoms with Gasteiger partial charge in [-0.3, -0.25) is 0 Å². The number of aryl methyl sites for hydroxylation is 1. The summed E-state index contributed by atoms with van der Waals surface area (Å²) in [6.45, 7) is 0. The van der Waals surface area contributed by atoms with Crippen molar-refractivity contribution in [3.8, 4) is 0 Å². The normalized spacial score (nSPS) is 9.93. The van der Waals surface area contributed by atoms with E-state index in [9.17, 15) is 9.18 Å². The molecule has 76 valence electrons. The van der Waals surface area contributed by atoms with E-state index in [-0.39, 0.29) is 5.82 Å². The number of aldehydes is 1. The smallest absolute Gasteiger partial charge is 0.125 e. The fourth-order valence-corrected chi connectivity index (χ4v) is 1.38. The van der Waals surface area contributed by atoms with E-state index in [0.29, 0.717) is 12.8 Å². The molecule has 0 saturated heterocycles. The predicted molar refractivity (Wildman–Crippen MR) is 55.1 cm³/mol. The van der Waals surface area contributed by atoms with Gasteiger partial charge in [0, 0.05) is 26.2 Å². The van der Waals surface area contributed by atoms with Gasteiger partial charge in [0.1, 0.15) is 12.1 Å². The van der Waals surface area contributed by atoms with Crippen LogP contribution in [0.1, 0.15) is 12.0 Å². The largest absolute Gasteiger partial charge is 0.377 e. The molecule has 0 saturated carbocycles. The van der Waals surface area contributed by atoms with Gasteiger partial charge in [0.05, 0.1) is 0 Å². The Kier molecular flexibility index (Phi) is 3.63. The van der Waals surface area contributed by atoms with E-state index in [1.807, 2.05) is 19.0 Å². The van der Waals surface area contributed by atoms with Crippen molar-refractivity contribution in [3.05, 3.63) is 29.6 Å². The monoisotopic (exact) mass is 195 g/mol. The highest BCUT2D eigenvalue weighted by Crippen LogP contribution is 2.20. The summed E-state index contributed by atoms with van der Waals surface area (Å²) in [4.78, 5) is 12.1. The predicted octanol–water partition coefficient (Wildman–Crippen LogP) is 2.02. The second-order valence-electron chi connectivity index (χ2n) is 3.37. The lowest BCUT2D eigenvalue weighted by Crippen LogP contribution is -2.11. The molecule has 14 heavy (non-hydrogen) atoms. The van der Waals surface area contributed by atoms with Crippen LogP contribution in [0, 0.1) is 5.82 Å². The number of halogens is 1. The molecule has 1 aromatic carbocycles. The molecule has 0 aliphatic rings. The zero-order valence-corrected chi connectivity index (χ0v) is 8.46. The van der Waals surface area contributed by atoms with Crippen LogP contribution in [0.2, 0.25) is 0 Å². The molecular formula is C11H14FNO. The summed E-state index contributed by atoms with van der Waals surface area (Å²) < 4.78 is 12.9. The molecule has 0 bridgehead atoms. The van der Waals surface area contributed by atoms with Gasteiger partial charge in [-0.1, -0.05) is 6.07 Å². The Morgan fingerprint density at radius 1 is 1.43 bits per heavy atom. The second-order valence-corrected chi connectivity index (χ2v) is 3.37. The van der Waals surface area contributed by atoms with Gasteiger partial charge in [-0.2, -0.15) is 0 Å². The lowest BCUT2D eigenvalue weighted by Gasteiger charge is -2.16. The summed E-state index contributed by atoms with van der Waals surface area (Å²) >= 11 is 0. The minimum atomic E-state index is -0.247. The summed E-state index contributed by atoms with van der Waals surface area (Å²) in [5, 5.41) is 0. The minimum Gasteiger partial charge on any atom is -0.377 e. The van der Waals surface area contributed by atoms with Crippen LogP contribution in [0.5, 0.6) is 0 Å². The van der Waals surface area contributed by atoms with Crippen LogP contribution < -0.4 is 4.90 Å². The number of rotatable bonds is 4. The third-order valence-electron chi connectivity index (χ3n) is 2.06. The maximum absolute atomic E-state index is 12.9. The summed E-state index contributed by atoms with van der Waals surface area (Å²) in [6, 6.07) is 4.64. The van der Waals surface area contributed by atoms with Gasteiger partial charge in [-0.25, -0.2) is 4.39 Å². The van der Waals surface area contributed by atoms with Crippen molar-refractivity contribution in [2.45, 2.75) is 12.8 Å². The van der Waals surface area contributed by atoms with Crippen molar-refractivity contribution >= 4 is 12.0 Å². The van der Waals surface area contributed by atoms with E-state index in [4.69, 9.17) is 0 Å². The number of hydrogen-bond donors (Lipinski definition) is 0. The van der Waals surface area contributed by atoms with Crippen molar-refractivity contribution in [2.24, 2.45) is 0 Å². The summed E-state index contributed by atoms with van der Waals surface area (Å²) in [5.74, 6) is -0.247. The highest BCUT2D eigenvalue weighted by Gasteiger charge is 2.05. The summed E-state index contributed by atoms with van der Waals surface area (Å²) in [6.07, 6.45) is 2.02. The molecule has 2 nitrogen and oxygen atoms in total. The fraction of sp³-hybridized carbons (Fsp3) is 0.364. The van der Waals surface area contributed by atoms with E-state index in [1.165, 1.54) is 12.1 Å². The van der Waals surface area contributed by atoms with Crippen molar-refractivity contribution in [1.82, 2.24) is 0 Å². The molecule has 0 heterocycles. The topological polar surface area (TPSA) is 20.3 Å². The number of benzene rings is 1. The molecule has 0 aromatic heterocycles. The number of anilines is 1. The molecule has 0 atom stereocenters. The molecule has 0 N–H and O–H groups in total. The first kappa shape index (κ1) is 10.7. The van der Waals surface area contributed by atoms with Crippen LogP contribution in [-0.2, 0) is 11.2 Å². The Balaban J connectivity index is 2.95. The Morgan fingerprint density at radius 3 is 2.71 bits per heavy atom. The van der Waals surface area contributed by atoms with Crippen LogP contribution in [0.25, 0.3) is 0 Å². The van der Waals surface area contributed by atoms with Gasteiger partial charge in [0.2, 0.25) is 0 Å². The fourth-order valence-electron chi connectivity index (χ4n) is 1.38. The molecule has 0 fully saturated rings.